The van der Waals surface area contributed by atoms with Crippen molar-refractivity contribution in [2.45, 2.75) is 9.92 Å². The van der Waals surface area contributed by atoms with Gasteiger partial charge >= 0.3 is 0 Å². The zero-order valence-electron chi connectivity index (χ0n) is 16.0. The minimum absolute atomic E-state index is 0.189. The van der Waals surface area contributed by atoms with E-state index in [-0.39, 0.29) is 11.7 Å². The minimum atomic E-state index is -0.287. The molecule has 0 unspecified atom stereocenters. The van der Waals surface area contributed by atoms with Crippen LogP contribution in [-0.2, 0) is 0 Å². The van der Waals surface area contributed by atoms with E-state index in [1.807, 2.05) is 42.5 Å². The normalized spacial score (nSPS) is 10.6. The van der Waals surface area contributed by atoms with Crippen LogP contribution in [0, 0.1) is 0 Å². The number of nitrogens with two attached hydrogens (primary N) is 1. The van der Waals surface area contributed by atoms with Crippen molar-refractivity contribution in [2.75, 3.05) is 11.1 Å². The number of hydrogen-bond acceptors (Lipinski definition) is 5. The molecule has 0 saturated carbocycles. The van der Waals surface area contributed by atoms with E-state index in [4.69, 9.17) is 22.3 Å². The quantitative estimate of drug-likeness (QED) is 0.297. The Bertz CT molecular complexity index is 1220. The van der Waals surface area contributed by atoms with Gasteiger partial charge in [-0.25, -0.2) is 9.97 Å². The van der Waals surface area contributed by atoms with E-state index >= 15 is 0 Å². The predicted molar refractivity (Wildman–Crippen MR) is 130 cm³/mol. The van der Waals surface area contributed by atoms with E-state index < -0.39 is 0 Å². The van der Waals surface area contributed by atoms with Crippen molar-refractivity contribution in [3.63, 3.8) is 0 Å². The molecule has 0 aliphatic rings. The maximum atomic E-state index is 12.8. The number of rotatable bonds is 5. The second kappa shape index (κ2) is 9.51. The highest BCUT2D eigenvalue weighted by Gasteiger charge is 2.18. The van der Waals surface area contributed by atoms with Gasteiger partial charge in [-0.1, -0.05) is 69.6 Å². The fraction of sp³-hybridized carbons (Fsp3) is 0. The summed E-state index contributed by atoms with van der Waals surface area (Å²) in [5.41, 5.74) is 7.98. The van der Waals surface area contributed by atoms with Crippen LogP contribution in [0.1, 0.15) is 10.4 Å². The Morgan fingerprint density at radius 3 is 2.29 bits per heavy atom. The maximum Gasteiger partial charge on any atom is 0.255 e. The fourth-order valence-corrected chi connectivity index (χ4v) is 4.04. The van der Waals surface area contributed by atoms with Gasteiger partial charge in [-0.15, -0.1) is 0 Å². The number of benzene rings is 3. The fourth-order valence-electron chi connectivity index (χ4n) is 2.77. The predicted octanol–water partition coefficient (Wildman–Crippen LogP) is 6.55. The number of amides is 1. The molecule has 0 atom stereocenters. The van der Waals surface area contributed by atoms with E-state index in [9.17, 15) is 4.79 Å². The Kier molecular flexibility index (Phi) is 6.56. The van der Waals surface area contributed by atoms with Crippen LogP contribution < -0.4 is 11.1 Å². The van der Waals surface area contributed by atoms with E-state index in [1.165, 1.54) is 11.8 Å². The van der Waals surface area contributed by atoms with Gasteiger partial charge in [-0.2, -0.15) is 0 Å². The number of hydrogen-bond donors (Lipinski definition) is 2. The van der Waals surface area contributed by atoms with Gasteiger partial charge in [0, 0.05) is 25.5 Å². The molecule has 1 amide bonds. The summed E-state index contributed by atoms with van der Waals surface area (Å²) in [6.07, 6.45) is 0. The molecular weight excluding hydrogens is 496 g/mol. The number of aromatic nitrogens is 2. The second-order valence-corrected chi connectivity index (χ2v) is 8.91. The first kappa shape index (κ1) is 21.4. The molecule has 0 spiro atoms. The van der Waals surface area contributed by atoms with Crippen LogP contribution in [0.15, 0.2) is 93.3 Å². The first-order valence-electron chi connectivity index (χ1n) is 9.23. The monoisotopic (exact) mass is 510 g/mol. The highest BCUT2D eigenvalue weighted by molar-refractivity contribution is 9.10. The first-order chi connectivity index (χ1) is 15.0. The third-order valence-electron chi connectivity index (χ3n) is 4.31. The van der Waals surface area contributed by atoms with Gasteiger partial charge in [0.25, 0.3) is 5.91 Å². The standard InChI is InChI=1S/C23H16BrClN4OS/c24-16-8-6-14(7-9-16)21-28-20(26)19(27-22(30)15-4-2-1-3-5-15)23(29-21)31-18-12-10-17(25)11-13-18/h1-13H,(H,27,30)(H2,26,28,29). The lowest BCUT2D eigenvalue weighted by Gasteiger charge is -2.14. The summed E-state index contributed by atoms with van der Waals surface area (Å²) in [6, 6.07) is 23.9. The molecule has 0 radical (unpaired) electrons. The average molecular weight is 512 g/mol. The van der Waals surface area contributed by atoms with Gasteiger partial charge in [0.1, 0.15) is 10.7 Å². The van der Waals surface area contributed by atoms with E-state index in [1.54, 1.807) is 36.4 Å². The van der Waals surface area contributed by atoms with Gasteiger partial charge in [-0.3, -0.25) is 4.79 Å². The smallest absolute Gasteiger partial charge is 0.255 e. The van der Waals surface area contributed by atoms with Crippen LogP contribution in [0.25, 0.3) is 11.4 Å². The lowest BCUT2D eigenvalue weighted by molar-refractivity contribution is 0.102. The highest BCUT2D eigenvalue weighted by atomic mass is 79.9. The molecule has 154 valence electrons. The molecule has 1 heterocycles. The molecule has 31 heavy (non-hydrogen) atoms. The van der Waals surface area contributed by atoms with Crippen molar-refractivity contribution < 1.29 is 4.79 Å². The molecule has 0 aliphatic carbocycles. The number of carbonyl (C=O) groups is 1. The molecule has 0 aliphatic heterocycles. The van der Waals surface area contributed by atoms with E-state index in [0.717, 1.165) is 14.9 Å². The van der Waals surface area contributed by atoms with Crippen LogP contribution in [0.5, 0.6) is 0 Å². The molecular formula is C23H16BrClN4OS. The van der Waals surface area contributed by atoms with Crippen molar-refractivity contribution in [3.05, 3.63) is 93.9 Å². The minimum Gasteiger partial charge on any atom is -0.382 e. The molecule has 0 saturated heterocycles. The van der Waals surface area contributed by atoms with Crippen molar-refractivity contribution in [1.82, 2.24) is 9.97 Å². The third-order valence-corrected chi connectivity index (χ3v) is 6.09. The van der Waals surface area contributed by atoms with Crippen LogP contribution >= 0.6 is 39.3 Å². The summed E-state index contributed by atoms with van der Waals surface area (Å²) >= 11 is 10.8. The first-order valence-corrected chi connectivity index (χ1v) is 11.2. The van der Waals surface area contributed by atoms with Crippen molar-refractivity contribution >= 4 is 56.7 Å². The number of anilines is 2. The van der Waals surface area contributed by atoms with Gasteiger partial charge in [-0.05, 0) is 48.5 Å². The Morgan fingerprint density at radius 1 is 0.935 bits per heavy atom. The van der Waals surface area contributed by atoms with Crippen molar-refractivity contribution in [1.29, 1.82) is 0 Å². The third kappa shape index (κ3) is 5.25. The molecule has 0 bridgehead atoms. The molecule has 3 N–H and O–H groups in total. The van der Waals surface area contributed by atoms with Crippen molar-refractivity contribution in [3.8, 4) is 11.4 Å². The van der Waals surface area contributed by atoms with Gasteiger partial charge in [0.15, 0.2) is 11.6 Å². The molecule has 3 aromatic carbocycles. The summed E-state index contributed by atoms with van der Waals surface area (Å²) < 4.78 is 0.951. The largest absolute Gasteiger partial charge is 0.382 e. The molecule has 8 heteroatoms. The number of halogens is 2. The lowest BCUT2D eigenvalue weighted by Crippen LogP contribution is -2.15. The van der Waals surface area contributed by atoms with Crippen LogP contribution in [0.2, 0.25) is 5.02 Å². The van der Waals surface area contributed by atoms with Crippen LogP contribution in [-0.4, -0.2) is 15.9 Å². The molecule has 5 nitrogen and oxygen atoms in total. The van der Waals surface area contributed by atoms with Gasteiger partial charge in [0.05, 0.1) is 0 Å². The second-order valence-electron chi connectivity index (χ2n) is 6.50. The summed E-state index contributed by atoms with van der Waals surface area (Å²) in [5.74, 6) is 0.373. The number of nitrogens with one attached hydrogen (secondary N) is 1. The summed E-state index contributed by atoms with van der Waals surface area (Å²) in [7, 11) is 0. The van der Waals surface area contributed by atoms with Gasteiger partial charge < -0.3 is 11.1 Å². The molecule has 0 fully saturated rings. The number of carbonyl (C=O) groups excluding carboxylic acids is 1. The summed E-state index contributed by atoms with van der Waals surface area (Å²) in [6.45, 7) is 0. The number of nitrogen functional groups attached to an aromatic ring is 1. The molecule has 4 rings (SSSR count). The average Bonchev–Trinajstić information content (AvgIpc) is 2.78. The molecule has 1 aromatic heterocycles. The molecule has 4 aromatic rings. The van der Waals surface area contributed by atoms with E-state index in [0.29, 0.717) is 27.1 Å². The topological polar surface area (TPSA) is 80.9 Å². The van der Waals surface area contributed by atoms with E-state index in [2.05, 4.69) is 26.2 Å². The van der Waals surface area contributed by atoms with Crippen LogP contribution in [0.4, 0.5) is 11.5 Å². The summed E-state index contributed by atoms with van der Waals surface area (Å²) in [5, 5.41) is 4.05. The zero-order chi connectivity index (χ0) is 21.8. The maximum absolute atomic E-state index is 12.8. The zero-order valence-corrected chi connectivity index (χ0v) is 19.2. The van der Waals surface area contributed by atoms with Crippen molar-refractivity contribution in [2.24, 2.45) is 0 Å². The SMILES string of the molecule is Nc1nc(-c2ccc(Br)cc2)nc(Sc2ccc(Cl)cc2)c1NC(=O)c1ccccc1. The highest BCUT2D eigenvalue weighted by Crippen LogP contribution is 2.37. The Hall–Kier alpha value is -2.87. The Labute approximate surface area is 197 Å². The summed E-state index contributed by atoms with van der Waals surface area (Å²) in [4.78, 5) is 22.8. The van der Waals surface area contributed by atoms with Crippen LogP contribution in [0.3, 0.4) is 0 Å². The Morgan fingerprint density at radius 2 is 1.61 bits per heavy atom. The van der Waals surface area contributed by atoms with Gasteiger partial charge in [0.2, 0.25) is 0 Å². The Balaban J connectivity index is 1.75. The lowest BCUT2D eigenvalue weighted by atomic mass is 10.2. The number of nitrogens with zero attached hydrogens (tertiary/aromatic N) is 2.